The highest BCUT2D eigenvalue weighted by Gasteiger charge is 2.29. The maximum absolute atomic E-state index is 12.9. The summed E-state index contributed by atoms with van der Waals surface area (Å²) in [7, 11) is 1.73. The smallest absolute Gasteiger partial charge is 0.339 e. The number of fused-ring (bicyclic) bond motifs is 1. The number of carbonyl (C=O) groups excluding carboxylic acids is 1. The first-order valence-corrected chi connectivity index (χ1v) is 8.12. The highest BCUT2D eigenvalue weighted by Crippen LogP contribution is 2.33. The number of carboxylic acid groups (broad SMARTS) is 1. The van der Waals surface area contributed by atoms with E-state index in [2.05, 4.69) is 6.07 Å². The number of furan rings is 1. The maximum Gasteiger partial charge on any atom is 0.339 e. The van der Waals surface area contributed by atoms with Gasteiger partial charge in [0.05, 0.1) is 12.5 Å². The van der Waals surface area contributed by atoms with Crippen molar-refractivity contribution >= 4 is 11.9 Å². The van der Waals surface area contributed by atoms with E-state index in [0.29, 0.717) is 11.5 Å². The van der Waals surface area contributed by atoms with Crippen LogP contribution in [0.3, 0.4) is 0 Å². The second-order valence-electron chi connectivity index (χ2n) is 6.33. The van der Waals surface area contributed by atoms with Gasteiger partial charge in [-0.15, -0.1) is 0 Å². The topological polar surface area (TPSA) is 70.8 Å². The van der Waals surface area contributed by atoms with Crippen LogP contribution in [0.5, 0.6) is 0 Å². The molecule has 0 saturated carbocycles. The average Bonchev–Trinajstić information content (AvgIpc) is 2.94. The Bertz CT molecular complexity index is 777. The summed E-state index contributed by atoms with van der Waals surface area (Å²) in [6.07, 6.45) is 2.87. The van der Waals surface area contributed by atoms with Gasteiger partial charge in [-0.05, 0) is 43.4 Å². The lowest BCUT2D eigenvalue weighted by molar-refractivity contribution is -0.132. The van der Waals surface area contributed by atoms with Crippen molar-refractivity contribution in [3.05, 3.63) is 58.5 Å². The van der Waals surface area contributed by atoms with Crippen molar-refractivity contribution in [3.63, 3.8) is 0 Å². The van der Waals surface area contributed by atoms with E-state index in [1.807, 2.05) is 18.2 Å². The van der Waals surface area contributed by atoms with Crippen molar-refractivity contribution in [2.75, 3.05) is 7.05 Å². The Labute approximate surface area is 140 Å². The third-order valence-corrected chi connectivity index (χ3v) is 4.64. The van der Waals surface area contributed by atoms with Crippen LogP contribution in [0.1, 0.15) is 51.8 Å². The van der Waals surface area contributed by atoms with Gasteiger partial charge >= 0.3 is 5.97 Å². The zero-order valence-electron chi connectivity index (χ0n) is 13.9. The molecule has 0 radical (unpaired) electrons. The first kappa shape index (κ1) is 16.3. The third-order valence-electron chi connectivity index (χ3n) is 4.64. The minimum atomic E-state index is -1.02. The molecule has 0 saturated heterocycles. The molecule has 1 unspecified atom stereocenters. The van der Waals surface area contributed by atoms with Crippen LogP contribution in [0.4, 0.5) is 0 Å². The number of nitrogens with zero attached hydrogens (tertiary/aromatic N) is 1. The molecule has 1 aliphatic rings. The number of aryl methyl sites for hydroxylation is 2. The summed E-state index contributed by atoms with van der Waals surface area (Å²) in [5.41, 5.74) is 2.51. The van der Waals surface area contributed by atoms with E-state index < -0.39 is 5.97 Å². The Morgan fingerprint density at radius 1 is 1.33 bits per heavy atom. The molecule has 24 heavy (non-hydrogen) atoms. The van der Waals surface area contributed by atoms with Crippen molar-refractivity contribution in [1.82, 2.24) is 4.90 Å². The predicted octanol–water partition coefficient (Wildman–Crippen LogP) is 3.36. The summed E-state index contributed by atoms with van der Waals surface area (Å²) in [6, 6.07) is 9.60. The van der Waals surface area contributed by atoms with Crippen LogP contribution in [0.2, 0.25) is 0 Å². The molecule has 0 aliphatic heterocycles. The van der Waals surface area contributed by atoms with Crippen molar-refractivity contribution in [2.24, 2.45) is 0 Å². The van der Waals surface area contributed by atoms with Gasteiger partial charge < -0.3 is 14.4 Å². The number of likely N-dealkylation sites (N-methyl/N-ethyl adjacent to an activating group) is 1. The van der Waals surface area contributed by atoms with E-state index in [9.17, 15) is 9.59 Å². The summed E-state index contributed by atoms with van der Waals surface area (Å²) >= 11 is 0. The van der Waals surface area contributed by atoms with Crippen LogP contribution in [0.25, 0.3) is 0 Å². The molecule has 1 aromatic carbocycles. The number of aromatic carboxylic acids is 1. The quantitative estimate of drug-likeness (QED) is 0.934. The average molecular weight is 327 g/mol. The van der Waals surface area contributed by atoms with Crippen molar-refractivity contribution in [1.29, 1.82) is 0 Å². The lowest BCUT2D eigenvalue weighted by atomic mass is 9.82. The molecule has 1 aliphatic carbocycles. The van der Waals surface area contributed by atoms with Crippen LogP contribution in [0, 0.1) is 6.92 Å². The van der Waals surface area contributed by atoms with E-state index in [1.165, 1.54) is 11.6 Å². The minimum Gasteiger partial charge on any atom is -0.478 e. The summed E-state index contributed by atoms with van der Waals surface area (Å²) in [5.74, 6) is -0.244. The Morgan fingerprint density at radius 3 is 2.79 bits per heavy atom. The fourth-order valence-electron chi connectivity index (χ4n) is 3.42. The van der Waals surface area contributed by atoms with Crippen LogP contribution in [0.15, 0.2) is 34.7 Å². The van der Waals surface area contributed by atoms with Crippen LogP contribution >= 0.6 is 0 Å². The number of hydrogen-bond acceptors (Lipinski definition) is 3. The normalized spacial score (nSPS) is 16.5. The fraction of sp³-hybridized carbons (Fsp3) is 0.368. The summed E-state index contributed by atoms with van der Waals surface area (Å²) in [6.45, 7) is 1.89. The third kappa shape index (κ3) is 3.07. The SMILES string of the molecule is Cc1oc(CN(C)C(=O)C2CCCc3ccccc32)cc1C(=O)O. The second kappa shape index (κ2) is 6.51. The largest absolute Gasteiger partial charge is 0.478 e. The molecule has 5 nitrogen and oxygen atoms in total. The highest BCUT2D eigenvalue weighted by molar-refractivity contribution is 5.89. The van der Waals surface area contributed by atoms with Gasteiger partial charge in [-0.2, -0.15) is 0 Å². The first-order valence-electron chi connectivity index (χ1n) is 8.12. The molecule has 5 heteroatoms. The van der Waals surface area contributed by atoms with Crippen LogP contribution < -0.4 is 0 Å². The molecule has 0 fully saturated rings. The number of rotatable bonds is 4. The Morgan fingerprint density at radius 2 is 2.08 bits per heavy atom. The molecule has 1 amide bonds. The van der Waals surface area contributed by atoms with Crippen LogP contribution in [-0.4, -0.2) is 28.9 Å². The molecule has 3 rings (SSSR count). The van der Waals surface area contributed by atoms with Gasteiger partial charge in [0.2, 0.25) is 5.91 Å². The molecule has 1 heterocycles. The molecule has 126 valence electrons. The Hall–Kier alpha value is -2.56. The van der Waals surface area contributed by atoms with Gasteiger partial charge in [-0.1, -0.05) is 24.3 Å². The molecule has 2 aromatic rings. The minimum absolute atomic E-state index is 0.0491. The number of amides is 1. The Kier molecular flexibility index (Phi) is 4.42. The first-order chi connectivity index (χ1) is 11.5. The van der Waals surface area contributed by atoms with E-state index >= 15 is 0 Å². The lowest BCUT2D eigenvalue weighted by Gasteiger charge is -2.28. The maximum atomic E-state index is 12.9. The number of carbonyl (C=O) groups is 2. The van der Waals surface area contributed by atoms with E-state index in [4.69, 9.17) is 9.52 Å². The van der Waals surface area contributed by atoms with Crippen LogP contribution in [-0.2, 0) is 17.8 Å². The number of benzene rings is 1. The standard InChI is InChI=1S/C19H21NO4/c1-12-17(19(22)23)10-14(24-12)11-20(2)18(21)16-9-5-7-13-6-3-4-8-15(13)16/h3-4,6,8,10,16H,5,7,9,11H2,1-2H3,(H,22,23). The molecular weight excluding hydrogens is 306 g/mol. The monoisotopic (exact) mass is 327 g/mol. The molecule has 1 atom stereocenters. The summed E-state index contributed by atoms with van der Waals surface area (Å²) in [5, 5.41) is 9.09. The van der Waals surface area contributed by atoms with Gasteiger partial charge in [-0.25, -0.2) is 4.79 Å². The van der Waals surface area contributed by atoms with E-state index in [1.54, 1.807) is 18.9 Å². The lowest BCUT2D eigenvalue weighted by Crippen LogP contribution is -2.33. The van der Waals surface area contributed by atoms with E-state index in [0.717, 1.165) is 24.8 Å². The summed E-state index contributed by atoms with van der Waals surface area (Å²) < 4.78 is 5.48. The van der Waals surface area contributed by atoms with Gasteiger partial charge in [0.25, 0.3) is 0 Å². The molecular formula is C19H21NO4. The van der Waals surface area contributed by atoms with Gasteiger partial charge in [-0.3, -0.25) is 4.79 Å². The second-order valence-corrected chi connectivity index (χ2v) is 6.33. The van der Waals surface area contributed by atoms with Gasteiger partial charge in [0, 0.05) is 7.05 Å². The van der Waals surface area contributed by atoms with Crippen molar-refractivity contribution < 1.29 is 19.1 Å². The Balaban J connectivity index is 1.76. The molecule has 0 bridgehead atoms. The van der Waals surface area contributed by atoms with E-state index in [-0.39, 0.29) is 23.9 Å². The molecule has 1 N–H and O–H groups in total. The summed E-state index contributed by atoms with van der Waals surface area (Å²) in [4.78, 5) is 25.6. The zero-order chi connectivity index (χ0) is 17.3. The molecule has 0 spiro atoms. The van der Waals surface area contributed by atoms with Crippen molar-refractivity contribution in [3.8, 4) is 0 Å². The van der Waals surface area contributed by atoms with Gasteiger partial charge in [0.15, 0.2) is 0 Å². The zero-order valence-corrected chi connectivity index (χ0v) is 13.9. The number of hydrogen-bond donors (Lipinski definition) is 1. The predicted molar refractivity (Wildman–Crippen MR) is 89.0 cm³/mol. The van der Waals surface area contributed by atoms with Gasteiger partial charge in [0.1, 0.15) is 17.1 Å². The number of carboxylic acids is 1. The highest BCUT2D eigenvalue weighted by atomic mass is 16.4. The van der Waals surface area contributed by atoms with Crippen molar-refractivity contribution in [2.45, 2.75) is 38.6 Å². The fourth-order valence-corrected chi connectivity index (χ4v) is 3.42. The molecule has 1 aromatic heterocycles.